The minimum atomic E-state index is -1.02. The standard InChI is InChI=1S/C24H30FNO2/c1-3-5-15-24(27,16-6-4-2)23-14-13-21(28-23)18-26(20-11-12-20)17-19-9-7-8-10-22(19)25/h3-4,7-10,13-14,20,27H,1-2,5-6,11-12,15-18H2. The van der Waals surface area contributed by atoms with E-state index in [-0.39, 0.29) is 5.82 Å². The Labute approximate surface area is 167 Å². The van der Waals surface area contributed by atoms with E-state index in [1.807, 2.05) is 36.4 Å². The molecule has 1 aliphatic rings. The number of benzene rings is 1. The molecule has 1 fully saturated rings. The van der Waals surface area contributed by atoms with E-state index in [0.717, 1.165) is 18.6 Å². The smallest absolute Gasteiger partial charge is 0.135 e. The van der Waals surface area contributed by atoms with Crippen LogP contribution in [0.5, 0.6) is 0 Å². The summed E-state index contributed by atoms with van der Waals surface area (Å²) < 4.78 is 20.1. The van der Waals surface area contributed by atoms with Gasteiger partial charge in [0.05, 0.1) is 6.54 Å². The summed E-state index contributed by atoms with van der Waals surface area (Å²) in [6, 6.07) is 11.2. The highest BCUT2D eigenvalue weighted by atomic mass is 19.1. The van der Waals surface area contributed by atoms with Gasteiger partial charge in [0.25, 0.3) is 0 Å². The monoisotopic (exact) mass is 383 g/mol. The molecule has 0 saturated heterocycles. The Hall–Kier alpha value is -2.17. The predicted molar refractivity (Wildman–Crippen MR) is 110 cm³/mol. The average Bonchev–Trinajstić information content (AvgIpc) is 3.44. The number of rotatable bonds is 12. The first-order chi connectivity index (χ1) is 13.6. The quantitative estimate of drug-likeness (QED) is 0.477. The Kier molecular flexibility index (Phi) is 6.87. The summed E-state index contributed by atoms with van der Waals surface area (Å²) in [6.07, 6.45) is 8.45. The van der Waals surface area contributed by atoms with Crippen LogP contribution in [-0.4, -0.2) is 16.0 Å². The number of hydrogen-bond acceptors (Lipinski definition) is 3. The van der Waals surface area contributed by atoms with Crippen LogP contribution < -0.4 is 0 Å². The molecule has 0 amide bonds. The first-order valence-electron chi connectivity index (χ1n) is 10.1. The second-order valence-corrected chi connectivity index (χ2v) is 7.68. The maximum Gasteiger partial charge on any atom is 0.135 e. The number of halogens is 1. The van der Waals surface area contributed by atoms with E-state index >= 15 is 0 Å². The lowest BCUT2D eigenvalue weighted by molar-refractivity contribution is -0.00219. The molecule has 1 aliphatic carbocycles. The summed E-state index contributed by atoms with van der Waals surface area (Å²) in [5.74, 6) is 1.22. The summed E-state index contributed by atoms with van der Waals surface area (Å²) in [5.41, 5.74) is -0.314. The molecule has 1 heterocycles. The molecule has 3 nitrogen and oxygen atoms in total. The van der Waals surface area contributed by atoms with Crippen molar-refractivity contribution in [3.8, 4) is 0 Å². The van der Waals surface area contributed by atoms with E-state index in [2.05, 4.69) is 18.1 Å². The van der Waals surface area contributed by atoms with Crippen molar-refractivity contribution >= 4 is 0 Å². The Morgan fingerprint density at radius 3 is 2.36 bits per heavy atom. The highest BCUT2D eigenvalue weighted by molar-refractivity contribution is 5.19. The molecule has 150 valence electrons. The summed E-state index contributed by atoms with van der Waals surface area (Å²) in [4.78, 5) is 2.26. The Balaban J connectivity index is 1.72. The van der Waals surface area contributed by atoms with Crippen molar-refractivity contribution in [2.24, 2.45) is 0 Å². The zero-order valence-corrected chi connectivity index (χ0v) is 16.4. The molecular formula is C24H30FNO2. The molecule has 0 aliphatic heterocycles. The highest BCUT2D eigenvalue weighted by Gasteiger charge is 2.33. The summed E-state index contributed by atoms with van der Waals surface area (Å²) >= 11 is 0. The van der Waals surface area contributed by atoms with Crippen LogP contribution in [0.3, 0.4) is 0 Å². The SMILES string of the molecule is C=CCCC(O)(CCC=C)c1ccc(CN(Cc2ccccc2F)C2CC2)o1. The Bertz CT molecular complexity index is 781. The highest BCUT2D eigenvalue weighted by Crippen LogP contribution is 2.35. The van der Waals surface area contributed by atoms with Crippen molar-refractivity contribution in [3.63, 3.8) is 0 Å². The molecule has 1 saturated carbocycles. The summed E-state index contributed by atoms with van der Waals surface area (Å²) in [7, 11) is 0. The van der Waals surface area contributed by atoms with Gasteiger partial charge in [0.1, 0.15) is 22.9 Å². The molecule has 4 heteroatoms. The molecule has 0 unspecified atom stereocenters. The lowest BCUT2D eigenvalue weighted by atomic mass is 9.89. The second kappa shape index (κ2) is 9.35. The Morgan fingerprint density at radius 1 is 1.07 bits per heavy atom. The van der Waals surface area contributed by atoms with Crippen molar-refractivity contribution < 1.29 is 13.9 Å². The molecule has 0 radical (unpaired) electrons. The minimum absolute atomic E-state index is 0.170. The molecule has 0 spiro atoms. The maximum atomic E-state index is 14.1. The van der Waals surface area contributed by atoms with E-state index in [0.29, 0.717) is 56.1 Å². The van der Waals surface area contributed by atoms with Crippen LogP contribution in [0.2, 0.25) is 0 Å². The van der Waals surface area contributed by atoms with Crippen molar-refractivity contribution in [1.82, 2.24) is 4.90 Å². The van der Waals surface area contributed by atoms with Gasteiger partial charge in [0.15, 0.2) is 0 Å². The lowest BCUT2D eigenvalue weighted by Gasteiger charge is -2.25. The van der Waals surface area contributed by atoms with Gasteiger partial charge in [0.2, 0.25) is 0 Å². The van der Waals surface area contributed by atoms with Gasteiger partial charge in [-0.1, -0.05) is 30.4 Å². The fourth-order valence-corrected chi connectivity index (χ4v) is 3.57. The van der Waals surface area contributed by atoms with Crippen LogP contribution in [0.1, 0.15) is 55.6 Å². The van der Waals surface area contributed by atoms with Crippen LogP contribution in [0, 0.1) is 5.82 Å². The van der Waals surface area contributed by atoms with Crippen LogP contribution >= 0.6 is 0 Å². The van der Waals surface area contributed by atoms with E-state index < -0.39 is 5.60 Å². The van der Waals surface area contributed by atoms with Crippen LogP contribution in [0.25, 0.3) is 0 Å². The first kappa shape index (κ1) is 20.6. The maximum absolute atomic E-state index is 14.1. The molecular weight excluding hydrogens is 353 g/mol. The molecule has 1 aromatic heterocycles. The lowest BCUT2D eigenvalue weighted by Crippen LogP contribution is -2.26. The molecule has 0 atom stereocenters. The van der Waals surface area contributed by atoms with Crippen LogP contribution in [-0.2, 0) is 18.7 Å². The van der Waals surface area contributed by atoms with Gasteiger partial charge in [-0.25, -0.2) is 4.39 Å². The average molecular weight is 384 g/mol. The predicted octanol–water partition coefficient (Wildman–Crippen LogP) is 5.70. The molecule has 1 aromatic carbocycles. The summed E-state index contributed by atoms with van der Waals surface area (Å²) in [5, 5.41) is 11.1. The van der Waals surface area contributed by atoms with Crippen molar-refractivity contribution in [1.29, 1.82) is 0 Å². The summed E-state index contributed by atoms with van der Waals surface area (Å²) in [6.45, 7) is 8.68. The van der Waals surface area contributed by atoms with Gasteiger partial charge in [0, 0.05) is 18.2 Å². The van der Waals surface area contributed by atoms with Crippen molar-refractivity contribution in [2.45, 2.75) is 63.3 Å². The minimum Gasteiger partial charge on any atom is -0.462 e. The van der Waals surface area contributed by atoms with Gasteiger partial charge < -0.3 is 9.52 Å². The van der Waals surface area contributed by atoms with E-state index in [4.69, 9.17) is 4.42 Å². The number of furan rings is 1. The molecule has 28 heavy (non-hydrogen) atoms. The first-order valence-corrected chi connectivity index (χ1v) is 10.1. The molecule has 3 rings (SSSR count). The fraction of sp³-hybridized carbons (Fsp3) is 0.417. The molecule has 0 bridgehead atoms. The van der Waals surface area contributed by atoms with Gasteiger partial charge in [-0.3, -0.25) is 4.90 Å². The van der Waals surface area contributed by atoms with Gasteiger partial charge in [-0.15, -0.1) is 13.2 Å². The normalized spacial score (nSPS) is 14.4. The largest absolute Gasteiger partial charge is 0.462 e. The van der Waals surface area contributed by atoms with Crippen LogP contribution in [0.4, 0.5) is 4.39 Å². The third-order valence-corrected chi connectivity index (χ3v) is 5.40. The van der Waals surface area contributed by atoms with Crippen molar-refractivity contribution in [2.75, 3.05) is 0 Å². The van der Waals surface area contributed by atoms with Crippen molar-refractivity contribution in [3.05, 3.63) is 84.6 Å². The number of allylic oxidation sites excluding steroid dienone is 2. The topological polar surface area (TPSA) is 36.6 Å². The van der Waals surface area contributed by atoms with E-state index in [9.17, 15) is 9.50 Å². The number of hydrogen-bond donors (Lipinski definition) is 1. The molecule has 1 N–H and O–H groups in total. The number of nitrogens with zero attached hydrogens (tertiary/aromatic N) is 1. The van der Waals surface area contributed by atoms with E-state index in [1.54, 1.807) is 6.07 Å². The second-order valence-electron chi connectivity index (χ2n) is 7.68. The number of aliphatic hydroxyl groups is 1. The zero-order chi connectivity index (χ0) is 20.0. The fourth-order valence-electron chi connectivity index (χ4n) is 3.57. The zero-order valence-electron chi connectivity index (χ0n) is 16.4. The molecule has 2 aromatic rings. The van der Waals surface area contributed by atoms with E-state index in [1.165, 1.54) is 6.07 Å². The van der Waals surface area contributed by atoms with Gasteiger partial charge in [-0.05, 0) is 56.7 Å². The Morgan fingerprint density at radius 2 is 1.75 bits per heavy atom. The van der Waals surface area contributed by atoms with Crippen LogP contribution in [0.15, 0.2) is 66.1 Å². The third-order valence-electron chi connectivity index (χ3n) is 5.40. The van der Waals surface area contributed by atoms with Gasteiger partial charge >= 0.3 is 0 Å². The van der Waals surface area contributed by atoms with Gasteiger partial charge in [-0.2, -0.15) is 0 Å². The third kappa shape index (κ3) is 5.21.